The summed E-state index contributed by atoms with van der Waals surface area (Å²) >= 11 is 0. The van der Waals surface area contributed by atoms with Crippen molar-refractivity contribution in [1.82, 2.24) is 19.7 Å². The van der Waals surface area contributed by atoms with Crippen molar-refractivity contribution >= 4 is 22.7 Å². The van der Waals surface area contributed by atoms with Gasteiger partial charge < -0.3 is 10.1 Å². The van der Waals surface area contributed by atoms with Crippen LogP contribution in [0.1, 0.15) is 56.6 Å². The third kappa shape index (κ3) is 3.93. The molecule has 0 bridgehead atoms. The van der Waals surface area contributed by atoms with E-state index in [0.29, 0.717) is 18.2 Å². The fraction of sp³-hybridized carbons (Fsp3) is 0.650. The summed E-state index contributed by atoms with van der Waals surface area (Å²) in [6.07, 6.45) is 3.67. The second-order valence-electron chi connectivity index (χ2n) is 8.25. The first-order valence-electron chi connectivity index (χ1n) is 9.73. The molecule has 7 nitrogen and oxygen atoms in total. The summed E-state index contributed by atoms with van der Waals surface area (Å²) in [6.45, 7) is 12.9. The lowest BCUT2D eigenvalue weighted by molar-refractivity contribution is 0.0527. The topological polar surface area (TPSA) is 72.3 Å². The van der Waals surface area contributed by atoms with E-state index in [2.05, 4.69) is 41.1 Å². The molecule has 1 aliphatic rings. The van der Waals surface area contributed by atoms with Gasteiger partial charge in [0, 0.05) is 37.9 Å². The highest BCUT2D eigenvalue weighted by Gasteiger charge is 2.29. The molecule has 0 amide bonds. The molecule has 0 atom stereocenters. The van der Waals surface area contributed by atoms with E-state index in [9.17, 15) is 4.79 Å². The largest absolute Gasteiger partial charge is 0.462 e. The molecule has 7 heteroatoms. The summed E-state index contributed by atoms with van der Waals surface area (Å²) in [5, 5.41) is 9.03. The Morgan fingerprint density at radius 2 is 2.00 bits per heavy atom. The number of likely N-dealkylation sites (tertiary alicyclic amines) is 1. The summed E-state index contributed by atoms with van der Waals surface area (Å²) < 4.78 is 7.02. The standard InChI is InChI=1S/C20H31N5O2/c1-7-27-19(26)15-12-21-18-16(13(2)23-24(18)6)17(15)22-14-8-10-25(11-9-14)20(3,4)5/h12,14H,7-11H2,1-6H3,(H,21,22). The van der Waals surface area contributed by atoms with Crippen molar-refractivity contribution in [3.8, 4) is 0 Å². The van der Waals surface area contributed by atoms with E-state index >= 15 is 0 Å². The third-order valence-corrected chi connectivity index (χ3v) is 5.31. The Hall–Kier alpha value is -2.15. The lowest BCUT2D eigenvalue weighted by atomic mass is 9.97. The highest BCUT2D eigenvalue weighted by molar-refractivity contribution is 6.05. The fourth-order valence-electron chi connectivity index (χ4n) is 3.82. The van der Waals surface area contributed by atoms with Gasteiger partial charge in [0.1, 0.15) is 5.56 Å². The van der Waals surface area contributed by atoms with Gasteiger partial charge in [-0.15, -0.1) is 0 Å². The van der Waals surface area contributed by atoms with Crippen LogP contribution in [-0.4, -0.2) is 56.9 Å². The summed E-state index contributed by atoms with van der Waals surface area (Å²) in [7, 11) is 1.87. The van der Waals surface area contributed by atoms with Crippen molar-refractivity contribution in [3.63, 3.8) is 0 Å². The number of esters is 1. The molecule has 1 saturated heterocycles. The molecule has 0 saturated carbocycles. The molecule has 0 aromatic carbocycles. The van der Waals surface area contributed by atoms with Crippen LogP contribution >= 0.6 is 0 Å². The number of piperidine rings is 1. The molecule has 2 aromatic heterocycles. The molecular formula is C20H31N5O2. The number of rotatable bonds is 4. The van der Waals surface area contributed by atoms with Crippen molar-refractivity contribution in [3.05, 3.63) is 17.5 Å². The van der Waals surface area contributed by atoms with Crippen LogP contribution in [0.15, 0.2) is 6.20 Å². The molecule has 1 N–H and O–H groups in total. The Morgan fingerprint density at radius 1 is 1.33 bits per heavy atom. The summed E-state index contributed by atoms with van der Waals surface area (Å²) in [5.41, 5.74) is 3.11. The van der Waals surface area contributed by atoms with E-state index in [1.165, 1.54) is 0 Å². The summed E-state index contributed by atoms with van der Waals surface area (Å²) in [4.78, 5) is 19.5. The number of anilines is 1. The molecule has 148 valence electrons. The van der Waals surface area contributed by atoms with Gasteiger partial charge in [-0.1, -0.05) is 0 Å². The smallest absolute Gasteiger partial charge is 0.341 e. The van der Waals surface area contributed by atoms with Gasteiger partial charge in [-0.2, -0.15) is 5.10 Å². The first-order valence-corrected chi connectivity index (χ1v) is 9.73. The molecule has 3 heterocycles. The minimum atomic E-state index is -0.343. The number of fused-ring (bicyclic) bond motifs is 1. The van der Waals surface area contributed by atoms with E-state index in [-0.39, 0.29) is 11.5 Å². The van der Waals surface area contributed by atoms with Crippen LogP contribution < -0.4 is 5.32 Å². The summed E-state index contributed by atoms with van der Waals surface area (Å²) in [6, 6.07) is 0.307. The zero-order valence-electron chi connectivity index (χ0n) is 17.3. The predicted molar refractivity (Wildman–Crippen MR) is 107 cm³/mol. The van der Waals surface area contributed by atoms with Crippen LogP contribution in [0, 0.1) is 6.92 Å². The third-order valence-electron chi connectivity index (χ3n) is 5.31. The first kappa shape index (κ1) is 19.6. The van der Waals surface area contributed by atoms with Gasteiger partial charge in [0.05, 0.1) is 23.4 Å². The summed E-state index contributed by atoms with van der Waals surface area (Å²) in [5.74, 6) is -0.343. The molecule has 1 aliphatic heterocycles. The number of aromatic nitrogens is 3. The fourth-order valence-corrected chi connectivity index (χ4v) is 3.82. The highest BCUT2D eigenvalue weighted by atomic mass is 16.5. The van der Waals surface area contributed by atoms with Crippen molar-refractivity contribution in [2.75, 3.05) is 25.0 Å². The van der Waals surface area contributed by atoms with Gasteiger partial charge >= 0.3 is 5.97 Å². The van der Waals surface area contributed by atoms with E-state index < -0.39 is 0 Å². The Bertz CT molecular complexity index is 829. The second-order valence-corrected chi connectivity index (χ2v) is 8.25. The van der Waals surface area contributed by atoms with Gasteiger partial charge in [0.2, 0.25) is 0 Å². The van der Waals surface area contributed by atoms with E-state index in [4.69, 9.17) is 4.74 Å². The number of carbonyl (C=O) groups is 1. The van der Waals surface area contributed by atoms with Crippen LogP contribution in [0.25, 0.3) is 11.0 Å². The van der Waals surface area contributed by atoms with Gasteiger partial charge in [-0.25, -0.2) is 9.78 Å². The van der Waals surface area contributed by atoms with Crippen molar-refractivity contribution in [1.29, 1.82) is 0 Å². The molecule has 0 radical (unpaired) electrons. The Balaban J connectivity index is 1.92. The van der Waals surface area contributed by atoms with Gasteiger partial charge in [0.15, 0.2) is 5.65 Å². The maximum atomic E-state index is 12.5. The second kappa shape index (κ2) is 7.46. The molecule has 3 rings (SSSR count). The Labute approximate surface area is 161 Å². The van der Waals surface area contributed by atoms with E-state index in [0.717, 1.165) is 48.3 Å². The number of nitrogens with one attached hydrogen (secondary N) is 1. The Kier molecular flexibility index (Phi) is 5.42. The number of hydrogen-bond acceptors (Lipinski definition) is 6. The molecule has 27 heavy (non-hydrogen) atoms. The monoisotopic (exact) mass is 373 g/mol. The lowest BCUT2D eigenvalue weighted by Crippen LogP contribution is -2.48. The molecular weight excluding hydrogens is 342 g/mol. The molecule has 0 aliphatic carbocycles. The Morgan fingerprint density at radius 3 is 2.59 bits per heavy atom. The van der Waals surface area contributed by atoms with Crippen molar-refractivity contribution in [2.45, 2.75) is 59.0 Å². The first-order chi connectivity index (χ1) is 12.7. The van der Waals surface area contributed by atoms with Gasteiger partial charge in [0.25, 0.3) is 0 Å². The number of pyridine rings is 1. The van der Waals surface area contributed by atoms with Crippen molar-refractivity contribution in [2.24, 2.45) is 7.05 Å². The maximum absolute atomic E-state index is 12.5. The highest BCUT2D eigenvalue weighted by Crippen LogP contribution is 2.31. The van der Waals surface area contributed by atoms with Crippen LogP contribution in [0.3, 0.4) is 0 Å². The van der Waals surface area contributed by atoms with Crippen LogP contribution in [0.5, 0.6) is 0 Å². The van der Waals surface area contributed by atoms with Gasteiger partial charge in [-0.05, 0) is 47.5 Å². The minimum Gasteiger partial charge on any atom is -0.462 e. The zero-order valence-corrected chi connectivity index (χ0v) is 17.3. The van der Waals surface area contributed by atoms with Crippen LogP contribution in [-0.2, 0) is 11.8 Å². The molecule has 2 aromatic rings. The minimum absolute atomic E-state index is 0.185. The number of hydrogen-bond donors (Lipinski definition) is 1. The molecule has 0 spiro atoms. The number of nitrogens with zero attached hydrogens (tertiary/aromatic N) is 4. The predicted octanol–water partition coefficient (Wildman–Crippen LogP) is 3.13. The number of carbonyl (C=O) groups excluding carboxylic acids is 1. The molecule has 1 fully saturated rings. The van der Waals surface area contributed by atoms with Gasteiger partial charge in [-0.3, -0.25) is 9.58 Å². The lowest BCUT2D eigenvalue weighted by Gasteiger charge is -2.41. The molecule has 0 unspecified atom stereocenters. The average molecular weight is 374 g/mol. The average Bonchev–Trinajstić information content (AvgIpc) is 2.89. The van der Waals surface area contributed by atoms with Crippen molar-refractivity contribution < 1.29 is 9.53 Å². The van der Waals surface area contributed by atoms with E-state index in [1.54, 1.807) is 10.9 Å². The SMILES string of the molecule is CCOC(=O)c1cnc2c(c(C)nn2C)c1NC1CCN(C(C)(C)C)CC1. The quantitative estimate of drug-likeness (QED) is 0.830. The zero-order chi connectivity index (χ0) is 19.8. The number of aryl methyl sites for hydroxylation is 2. The van der Waals surface area contributed by atoms with Crippen LogP contribution in [0.2, 0.25) is 0 Å². The van der Waals surface area contributed by atoms with E-state index in [1.807, 2.05) is 20.9 Å². The normalized spacial score (nSPS) is 16.7. The van der Waals surface area contributed by atoms with Crippen LogP contribution in [0.4, 0.5) is 5.69 Å². The number of ether oxygens (including phenoxy) is 1. The maximum Gasteiger partial charge on any atom is 0.341 e.